The Bertz CT molecular complexity index is 91.6. The summed E-state index contributed by atoms with van der Waals surface area (Å²) >= 11 is 2.02. The number of hydrogen-bond acceptors (Lipinski definition) is 2. The van der Waals surface area contributed by atoms with Crippen molar-refractivity contribution in [1.82, 2.24) is 0 Å². The van der Waals surface area contributed by atoms with E-state index in [-0.39, 0.29) is 5.54 Å². The van der Waals surface area contributed by atoms with Gasteiger partial charge in [-0.05, 0) is 26.7 Å². The standard InChI is InChI=1S/C7H15NS/c1-7(2,8)5-9-6-3-4-6/h6H,3-5,8H2,1-2H3. The lowest BCUT2D eigenvalue weighted by molar-refractivity contribution is 0.591. The second kappa shape index (κ2) is 2.51. The molecule has 0 heterocycles. The third-order valence-electron chi connectivity index (χ3n) is 1.22. The Hall–Kier alpha value is 0.310. The van der Waals surface area contributed by atoms with E-state index in [4.69, 9.17) is 5.73 Å². The second-order valence-electron chi connectivity index (χ2n) is 3.50. The number of hydrogen-bond donors (Lipinski definition) is 1. The molecule has 1 fully saturated rings. The molecule has 0 spiro atoms. The summed E-state index contributed by atoms with van der Waals surface area (Å²) in [6.07, 6.45) is 2.83. The first-order valence-corrected chi connectivity index (χ1v) is 4.53. The average molecular weight is 145 g/mol. The van der Waals surface area contributed by atoms with Gasteiger partial charge in [0.25, 0.3) is 0 Å². The highest BCUT2D eigenvalue weighted by Gasteiger charge is 2.24. The van der Waals surface area contributed by atoms with Crippen molar-refractivity contribution in [2.75, 3.05) is 5.75 Å². The first-order valence-electron chi connectivity index (χ1n) is 3.48. The van der Waals surface area contributed by atoms with Gasteiger partial charge in [-0.3, -0.25) is 0 Å². The zero-order valence-corrected chi connectivity index (χ0v) is 7.00. The predicted octanol–water partition coefficient (Wildman–Crippen LogP) is 1.62. The number of rotatable bonds is 3. The SMILES string of the molecule is CC(C)(N)CSC1CC1. The van der Waals surface area contributed by atoms with Crippen LogP contribution in [0.25, 0.3) is 0 Å². The Morgan fingerprint density at radius 1 is 1.56 bits per heavy atom. The predicted molar refractivity (Wildman–Crippen MR) is 43.7 cm³/mol. The quantitative estimate of drug-likeness (QED) is 0.653. The lowest BCUT2D eigenvalue weighted by Gasteiger charge is -2.16. The summed E-state index contributed by atoms with van der Waals surface area (Å²) in [5.41, 5.74) is 5.83. The van der Waals surface area contributed by atoms with Gasteiger partial charge in [-0.25, -0.2) is 0 Å². The van der Waals surface area contributed by atoms with Crippen molar-refractivity contribution in [1.29, 1.82) is 0 Å². The van der Waals surface area contributed by atoms with Crippen molar-refractivity contribution in [3.63, 3.8) is 0 Å². The van der Waals surface area contributed by atoms with Crippen LogP contribution in [0.1, 0.15) is 26.7 Å². The molecule has 0 aliphatic heterocycles. The van der Waals surface area contributed by atoms with Crippen LogP contribution in [0.2, 0.25) is 0 Å². The van der Waals surface area contributed by atoms with Crippen LogP contribution in [0.5, 0.6) is 0 Å². The maximum Gasteiger partial charge on any atom is 0.0188 e. The lowest BCUT2D eigenvalue weighted by atomic mass is 10.1. The van der Waals surface area contributed by atoms with Gasteiger partial charge < -0.3 is 5.73 Å². The summed E-state index contributed by atoms with van der Waals surface area (Å²) < 4.78 is 0. The molecule has 0 bridgehead atoms. The third-order valence-corrected chi connectivity index (χ3v) is 3.07. The van der Waals surface area contributed by atoms with Crippen molar-refractivity contribution < 1.29 is 0 Å². The molecule has 0 aromatic carbocycles. The zero-order chi connectivity index (χ0) is 6.91. The van der Waals surface area contributed by atoms with Gasteiger partial charge in [0.15, 0.2) is 0 Å². The molecule has 1 aliphatic carbocycles. The molecular weight excluding hydrogens is 130 g/mol. The van der Waals surface area contributed by atoms with Crippen LogP contribution in [0.15, 0.2) is 0 Å². The van der Waals surface area contributed by atoms with Crippen LogP contribution < -0.4 is 5.73 Å². The topological polar surface area (TPSA) is 26.0 Å². The van der Waals surface area contributed by atoms with E-state index in [0.717, 1.165) is 11.0 Å². The van der Waals surface area contributed by atoms with E-state index in [1.165, 1.54) is 12.8 Å². The fraction of sp³-hybridized carbons (Fsp3) is 1.00. The maximum absolute atomic E-state index is 5.79. The molecule has 9 heavy (non-hydrogen) atoms. The van der Waals surface area contributed by atoms with Gasteiger partial charge in [0.05, 0.1) is 0 Å². The van der Waals surface area contributed by atoms with E-state index >= 15 is 0 Å². The molecule has 54 valence electrons. The maximum atomic E-state index is 5.79. The summed E-state index contributed by atoms with van der Waals surface area (Å²) in [6, 6.07) is 0. The number of thioether (sulfide) groups is 1. The van der Waals surface area contributed by atoms with Crippen molar-refractivity contribution >= 4 is 11.8 Å². The van der Waals surface area contributed by atoms with E-state index < -0.39 is 0 Å². The highest BCUT2D eigenvalue weighted by atomic mass is 32.2. The Balaban J connectivity index is 2.03. The van der Waals surface area contributed by atoms with Crippen LogP contribution in [0, 0.1) is 0 Å². The summed E-state index contributed by atoms with van der Waals surface area (Å²) in [7, 11) is 0. The van der Waals surface area contributed by atoms with Gasteiger partial charge in [0.1, 0.15) is 0 Å². The molecule has 0 aromatic rings. The Labute approximate surface area is 61.4 Å². The van der Waals surface area contributed by atoms with Crippen LogP contribution in [0.4, 0.5) is 0 Å². The van der Waals surface area contributed by atoms with Gasteiger partial charge in [0.2, 0.25) is 0 Å². The molecule has 1 nitrogen and oxygen atoms in total. The molecule has 0 atom stereocenters. The molecule has 2 heteroatoms. The van der Waals surface area contributed by atoms with Crippen molar-refractivity contribution in [2.24, 2.45) is 5.73 Å². The minimum absolute atomic E-state index is 0.0350. The zero-order valence-electron chi connectivity index (χ0n) is 6.18. The summed E-state index contributed by atoms with van der Waals surface area (Å²) in [5, 5.41) is 0.952. The van der Waals surface area contributed by atoms with E-state index in [9.17, 15) is 0 Å². The molecule has 1 saturated carbocycles. The average Bonchev–Trinajstić information content (AvgIpc) is 2.38. The normalized spacial score (nSPS) is 20.3. The molecule has 0 aromatic heterocycles. The molecule has 2 N–H and O–H groups in total. The van der Waals surface area contributed by atoms with Crippen LogP contribution in [0.3, 0.4) is 0 Å². The molecule has 0 amide bonds. The van der Waals surface area contributed by atoms with Crippen molar-refractivity contribution in [2.45, 2.75) is 37.5 Å². The largest absolute Gasteiger partial charge is 0.325 e. The van der Waals surface area contributed by atoms with Crippen molar-refractivity contribution in [3.05, 3.63) is 0 Å². The van der Waals surface area contributed by atoms with Gasteiger partial charge >= 0.3 is 0 Å². The molecule has 1 aliphatic rings. The van der Waals surface area contributed by atoms with Gasteiger partial charge in [-0.1, -0.05) is 0 Å². The van der Waals surface area contributed by atoms with Crippen LogP contribution in [-0.2, 0) is 0 Å². The minimum atomic E-state index is 0.0350. The third kappa shape index (κ3) is 3.82. The number of nitrogens with two attached hydrogens (primary N) is 1. The molecule has 0 radical (unpaired) electrons. The van der Waals surface area contributed by atoms with E-state index in [1.54, 1.807) is 0 Å². The van der Waals surface area contributed by atoms with Gasteiger partial charge in [-0.15, -0.1) is 0 Å². The Morgan fingerprint density at radius 2 is 2.11 bits per heavy atom. The van der Waals surface area contributed by atoms with Gasteiger partial charge in [0, 0.05) is 16.5 Å². The van der Waals surface area contributed by atoms with E-state index in [2.05, 4.69) is 13.8 Å². The molecule has 0 saturated heterocycles. The smallest absolute Gasteiger partial charge is 0.0188 e. The first kappa shape index (κ1) is 7.42. The molecule has 0 unspecified atom stereocenters. The summed E-state index contributed by atoms with van der Waals surface area (Å²) in [5.74, 6) is 1.11. The molecular formula is C7H15NS. The first-order chi connectivity index (χ1) is 4.08. The van der Waals surface area contributed by atoms with E-state index in [1.807, 2.05) is 11.8 Å². The van der Waals surface area contributed by atoms with Gasteiger partial charge in [-0.2, -0.15) is 11.8 Å². The highest BCUT2D eigenvalue weighted by Crippen LogP contribution is 2.35. The van der Waals surface area contributed by atoms with E-state index in [0.29, 0.717) is 0 Å². The lowest BCUT2D eigenvalue weighted by Crippen LogP contribution is -2.34. The van der Waals surface area contributed by atoms with Crippen LogP contribution in [-0.4, -0.2) is 16.5 Å². The summed E-state index contributed by atoms with van der Waals surface area (Å²) in [6.45, 7) is 4.17. The fourth-order valence-corrected chi connectivity index (χ4v) is 1.70. The minimum Gasteiger partial charge on any atom is -0.325 e. The van der Waals surface area contributed by atoms with Crippen LogP contribution >= 0.6 is 11.8 Å². The fourth-order valence-electron chi connectivity index (χ4n) is 0.567. The van der Waals surface area contributed by atoms with Crippen molar-refractivity contribution in [3.8, 4) is 0 Å². The summed E-state index contributed by atoms with van der Waals surface area (Å²) in [4.78, 5) is 0. The Morgan fingerprint density at radius 3 is 2.44 bits per heavy atom. The second-order valence-corrected chi connectivity index (χ2v) is 4.79. The Kier molecular flexibility index (Phi) is 2.07. The highest BCUT2D eigenvalue weighted by molar-refractivity contribution is 8.00. The molecule has 1 rings (SSSR count). The monoisotopic (exact) mass is 145 g/mol.